The molecule has 1 aliphatic carbocycles. The van der Waals surface area contributed by atoms with Crippen LogP contribution in [0.5, 0.6) is 11.5 Å². The molecule has 4 atom stereocenters. The van der Waals surface area contributed by atoms with Gasteiger partial charge in [-0.2, -0.15) is 0 Å². The maximum atomic E-state index is 13.8. The lowest BCUT2D eigenvalue weighted by atomic mass is 9.77. The van der Waals surface area contributed by atoms with Gasteiger partial charge in [0.05, 0.1) is 41.7 Å². The number of rotatable bonds is 8. The van der Waals surface area contributed by atoms with Crippen molar-refractivity contribution in [2.24, 2.45) is 0 Å². The van der Waals surface area contributed by atoms with Crippen molar-refractivity contribution < 1.29 is 47.6 Å². The van der Waals surface area contributed by atoms with Crippen LogP contribution < -0.4 is 9.47 Å². The molecule has 1 aromatic carbocycles. The average molecular weight is 535 g/mol. The van der Waals surface area contributed by atoms with Gasteiger partial charge in [0, 0.05) is 6.54 Å². The van der Waals surface area contributed by atoms with Crippen LogP contribution in [0, 0.1) is 0 Å². The van der Waals surface area contributed by atoms with Crippen molar-refractivity contribution in [2.75, 3.05) is 34.0 Å². The number of hydrogen-bond acceptors (Lipinski definition) is 10. The first-order valence-electron chi connectivity index (χ1n) is 14.5. The highest BCUT2D eigenvalue weighted by atomic mass is 16.7. The Morgan fingerprint density at radius 3 is 2.68 bits per heavy atom. The number of benzene rings is 1. The van der Waals surface area contributed by atoms with Crippen molar-refractivity contribution in [3.05, 3.63) is 35.1 Å². The van der Waals surface area contributed by atoms with Crippen molar-refractivity contribution in [1.29, 1.82) is 0 Å². The molecule has 10 nitrogen and oxygen atoms in total. The van der Waals surface area contributed by atoms with E-state index in [0.717, 1.165) is 43.5 Å². The second kappa shape index (κ2) is 9.73. The molecule has 0 radical (unpaired) electrons. The fourth-order valence-electron chi connectivity index (χ4n) is 6.37. The van der Waals surface area contributed by atoms with E-state index >= 15 is 0 Å². The number of ether oxygens (including phenoxy) is 5. The molecule has 1 aromatic rings. The van der Waals surface area contributed by atoms with Crippen LogP contribution in [0.1, 0.15) is 67.1 Å². The van der Waals surface area contributed by atoms with Gasteiger partial charge in [-0.25, -0.2) is 4.79 Å². The summed E-state index contributed by atoms with van der Waals surface area (Å²) in [6, 6.07) is 3.88. The standard InChI is InChI=1S/C28H37NO9/c1-26(2,32)8-9-28(33,15-22(30)35-4)25(31)38-24-21(34-3)14-27-7-5-10-29(27)11-6-17-12-19-20(37-16-36-19)13-18(17)23(24)27/h12-14,23-24,32-33H,5-11,15-16H2,1-4H3/t23-,24?,27-,28-/m1/s1/i4D3. The van der Waals surface area contributed by atoms with E-state index in [-0.39, 0.29) is 19.6 Å². The first-order chi connectivity index (χ1) is 19.1. The van der Waals surface area contributed by atoms with E-state index in [2.05, 4.69) is 9.64 Å². The fourth-order valence-corrected chi connectivity index (χ4v) is 6.37. The van der Waals surface area contributed by atoms with Gasteiger partial charge in [0.1, 0.15) is 5.76 Å². The molecule has 1 unspecified atom stereocenters. The lowest BCUT2D eigenvalue weighted by Gasteiger charge is -2.39. The molecule has 0 aromatic heterocycles. The van der Waals surface area contributed by atoms with E-state index in [4.69, 9.17) is 23.1 Å². The van der Waals surface area contributed by atoms with Crippen LogP contribution in [-0.4, -0.2) is 83.9 Å². The molecule has 10 heteroatoms. The number of nitrogens with zero attached hydrogens (tertiary/aromatic N) is 1. The molecule has 1 spiro atoms. The Hall–Kier alpha value is -2.82. The third-order valence-corrected chi connectivity index (χ3v) is 8.28. The molecule has 0 bridgehead atoms. The second-order valence-corrected chi connectivity index (χ2v) is 11.3. The Labute approximate surface area is 226 Å². The molecule has 3 aliphatic heterocycles. The van der Waals surface area contributed by atoms with Crippen molar-refractivity contribution in [1.82, 2.24) is 4.90 Å². The van der Waals surface area contributed by atoms with Gasteiger partial charge >= 0.3 is 11.9 Å². The van der Waals surface area contributed by atoms with Crippen LogP contribution in [0.4, 0.5) is 0 Å². The maximum absolute atomic E-state index is 13.8. The number of carbonyl (C=O) groups excluding carboxylic acids is 2. The van der Waals surface area contributed by atoms with Crippen LogP contribution in [-0.2, 0) is 30.2 Å². The summed E-state index contributed by atoms with van der Waals surface area (Å²) >= 11 is 0. The zero-order valence-corrected chi connectivity index (χ0v) is 22.0. The average Bonchev–Trinajstić information content (AvgIpc) is 3.54. The third-order valence-electron chi connectivity index (χ3n) is 8.28. The first kappa shape index (κ1) is 23.1. The molecular formula is C28H37NO9. The number of fused-ring (bicyclic) bond motifs is 3. The number of aliphatic hydroxyl groups is 2. The Bertz CT molecular complexity index is 1240. The zero-order valence-electron chi connectivity index (χ0n) is 25.0. The smallest absolute Gasteiger partial charge is 0.339 e. The van der Waals surface area contributed by atoms with Crippen LogP contribution in [0.15, 0.2) is 24.0 Å². The zero-order chi connectivity index (χ0) is 29.8. The van der Waals surface area contributed by atoms with E-state index in [0.29, 0.717) is 17.3 Å². The Balaban J connectivity index is 1.51. The fraction of sp³-hybridized carbons (Fsp3) is 0.643. The highest BCUT2D eigenvalue weighted by molar-refractivity contribution is 5.86. The molecule has 0 amide bonds. The normalized spacial score (nSPS) is 28.9. The van der Waals surface area contributed by atoms with Crippen molar-refractivity contribution in [3.63, 3.8) is 0 Å². The number of esters is 2. The van der Waals surface area contributed by atoms with E-state index in [9.17, 15) is 19.8 Å². The van der Waals surface area contributed by atoms with E-state index < -0.39 is 54.2 Å². The Morgan fingerprint density at radius 2 is 1.97 bits per heavy atom. The lowest BCUT2D eigenvalue weighted by molar-refractivity contribution is -0.179. The van der Waals surface area contributed by atoms with E-state index in [1.807, 2.05) is 18.2 Å². The van der Waals surface area contributed by atoms with Gasteiger partial charge in [0.25, 0.3) is 0 Å². The minimum atomic E-state index is -3.05. The first-order valence-corrected chi connectivity index (χ1v) is 13.0. The van der Waals surface area contributed by atoms with Gasteiger partial charge in [-0.05, 0) is 81.8 Å². The maximum Gasteiger partial charge on any atom is 0.339 e. The van der Waals surface area contributed by atoms with Crippen LogP contribution >= 0.6 is 0 Å². The monoisotopic (exact) mass is 534 g/mol. The number of hydrogen-bond donors (Lipinski definition) is 2. The van der Waals surface area contributed by atoms with Gasteiger partial charge in [0.15, 0.2) is 23.2 Å². The SMILES string of the molecule is [2H]C([2H])([2H])OC(=O)C[C@](O)(CCC(C)(C)O)C(=O)OC1C(OC)=C[C@@]23CCCN2CCc2cc4c(cc2[C@H]13)OCO4. The third kappa shape index (κ3) is 4.63. The number of methoxy groups -OCH3 is 2. The van der Waals surface area contributed by atoms with Gasteiger partial charge < -0.3 is 33.9 Å². The van der Waals surface area contributed by atoms with Gasteiger partial charge in [-0.15, -0.1) is 0 Å². The second-order valence-electron chi connectivity index (χ2n) is 11.3. The molecule has 208 valence electrons. The molecule has 5 rings (SSSR count). The molecular weight excluding hydrogens is 494 g/mol. The quantitative estimate of drug-likeness (QED) is 0.480. The predicted octanol–water partition coefficient (Wildman–Crippen LogP) is 2.19. The summed E-state index contributed by atoms with van der Waals surface area (Å²) in [5, 5.41) is 21.8. The summed E-state index contributed by atoms with van der Waals surface area (Å²) < 4.78 is 49.2. The van der Waals surface area contributed by atoms with Crippen molar-refractivity contribution >= 4 is 11.9 Å². The largest absolute Gasteiger partial charge is 0.497 e. The molecule has 2 N–H and O–H groups in total. The van der Waals surface area contributed by atoms with Crippen molar-refractivity contribution in [3.8, 4) is 11.5 Å². The molecule has 38 heavy (non-hydrogen) atoms. The van der Waals surface area contributed by atoms with E-state index in [1.54, 1.807) is 0 Å². The number of carbonyl (C=O) groups is 2. The minimum absolute atomic E-state index is 0.0786. The summed E-state index contributed by atoms with van der Waals surface area (Å²) in [4.78, 5) is 28.6. The summed E-state index contributed by atoms with van der Waals surface area (Å²) in [6.45, 7) is 4.72. The predicted molar refractivity (Wildman–Crippen MR) is 135 cm³/mol. The Morgan fingerprint density at radius 1 is 1.21 bits per heavy atom. The summed E-state index contributed by atoms with van der Waals surface area (Å²) in [7, 11) is -1.56. The molecule has 1 saturated heterocycles. The summed E-state index contributed by atoms with van der Waals surface area (Å²) in [6.07, 6.45) is 2.10. The van der Waals surface area contributed by atoms with Gasteiger partial charge in [0.2, 0.25) is 6.79 Å². The van der Waals surface area contributed by atoms with Crippen LogP contribution in [0.2, 0.25) is 0 Å². The topological polar surface area (TPSA) is 124 Å². The molecule has 3 heterocycles. The highest BCUT2D eigenvalue weighted by Gasteiger charge is 2.59. The van der Waals surface area contributed by atoms with E-state index in [1.165, 1.54) is 21.0 Å². The molecule has 0 saturated carbocycles. The van der Waals surface area contributed by atoms with Crippen molar-refractivity contribution in [2.45, 2.75) is 81.1 Å². The Kier molecular flexibility index (Phi) is 5.92. The van der Waals surface area contributed by atoms with Gasteiger partial charge in [-0.3, -0.25) is 9.69 Å². The molecule has 4 aliphatic rings. The van der Waals surface area contributed by atoms with Crippen LogP contribution in [0.3, 0.4) is 0 Å². The molecule has 1 fully saturated rings. The van der Waals surface area contributed by atoms with Gasteiger partial charge in [-0.1, -0.05) is 0 Å². The minimum Gasteiger partial charge on any atom is -0.497 e. The van der Waals surface area contributed by atoms with Crippen LogP contribution in [0.25, 0.3) is 0 Å². The highest BCUT2D eigenvalue weighted by Crippen LogP contribution is 2.55. The lowest BCUT2D eigenvalue weighted by Crippen LogP contribution is -2.49. The summed E-state index contributed by atoms with van der Waals surface area (Å²) in [5.74, 6) is -1.18. The summed E-state index contributed by atoms with van der Waals surface area (Å²) in [5.41, 5.74) is -2.32.